The van der Waals surface area contributed by atoms with Crippen LogP contribution in [-0.2, 0) is 9.84 Å². The highest BCUT2D eigenvalue weighted by atomic mass is 32.2. The van der Waals surface area contributed by atoms with Crippen molar-refractivity contribution in [3.63, 3.8) is 0 Å². The second kappa shape index (κ2) is 8.24. The molecule has 9 heteroatoms. The molecule has 1 aromatic heterocycles. The van der Waals surface area contributed by atoms with Gasteiger partial charge in [0.1, 0.15) is 9.84 Å². The summed E-state index contributed by atoms with van der Waals surface area (Å²) in [5.74, 6) is -0.292. The number of sulfone groups is 1. The van der Waals surface area contributed by atoms with Gasteiger partial charge >= 0.3 is 0 Å². The molecule has 0 spiro atoms. The predicted octanol–water partition coefficient (Wildman–Crippen LogP) is 0.343. The van der Waals surface area contributed by atoms with Crippen molar-refractivity contribution in [1.82, 2.24) is 19.6 Å². The number of benzene rings is 1. The predicted molar refractivity (Wildman–Crippen MR) is 107 cm³/mol. The Balaban J connectivity index is 1.74. The molecule has 0 aliphatic carbocycles. The van der Waals surface area contributed by atoms with E-state index < -0.39 is 21.2 Å². The molecule has 0 radical (unpaired) electrons. The van der Waals surface area contributed by atoms with Crippen molar-refractivity contribution in [3.8, 4) is 5.69 Å². The average Bonchev–Trinajstić information content (AvgIpc) is 2.66. The summed E-state index contributed by atoms with van der Waals surface area (Å²) in [5, 5.41) is 4.32. The molecule has 2 heterocycles. The molecule has 0 saturated carbocycles. The van der Waals surface area contributed by atoms with Gasteiger partial charge in [0.15, 0.2) is 5.69 Å². The minimum absolute atomic E-state index is 0.0981. The molecule has 0 N–H and O–H groups in total. The summed E-state index contributed by atoms with van der Waals surface area (Å²) in [4.78, 5) is 28.9. The lowest BCUT2D eigenvalue weighted by Gasteiger charge is -2.34. The van der Waals surface area contributed by atoms with Crippen molar-refractivity contribution in [2.24, 2.45) is 0 Å². The van der Waals surface area contributed by atoms with Crippen LogP contribution in [0.3, 0.4) is 0 Å². The maximum absolute atomic E-state index is 12.9. The first kappa shape index (κ1) is 20.2. The maximum Gasteiger partial charge on any atom is 0.278 e. The molecule has 1 aliphatic rings. The number of amides is 1. The molecule has 1 amide bonds. The smallest absolute Gasteiger partial charge is 0.278 e. The van der Waals surface area contributed by atoms with Gasteiger partial charge in [-0.05, 0) is 19.1 Å². The zero-order valence-corrected chi connectivity index (χ0v) is 16.9. The number of aryl methyl sites for hydroxylation is 1. The van der Waals surface area contributed by atoms with Crippen LogP contribution in [0.4, 0.5) is 0 Å². The maximum atomic E-state index is 12.9. The number of piperazine rings is 1. The lowest BCUT2D eigenvalue weighted by Crippen LogP contribution is -2.50. The van der Waals surface area contributed by atoms with Gasteiger partial charge in [-0.15, -0.1) is 0 Å². The van der Waals surface area contributed by atoms with E-state index in [0.29, 0.717) is 38.4 Å². The van der Waals surface area contributed by atoms with Crippen LogP contribution in [0.1, 0.15) is 16.2 Å². The summed E-state index contributed by atoms with van der Waals surface area (Å²) >= 11 is 0. The number of hydrogen-bond acceptors (Lipinski definition) is 6. The number of para-hydroxylation sites is 1. The zero-order chi connectivity index (χ0) is 20.3. The standard InChI is InChI=1S/C19H24N4O4S/c1-15-14-17(24)18(20-23(15)16-6-4-3-5-7-16)19(25)22-10-8-21(9-11-22)12-13-28(2,26)27/h3-7,14H,8-13H2,1-2H3. The van der Waals surface area contributed by atoms with Crippen LogP contribution >= 0.6 is 0 Å². The molecular weight excluding hydrogens is 380 g/mol. The molecular formula is C19H24N4O4S. The van der Waals surface area contributed by atoms with Crippen molar-refractivity contribution in [1.29, 1.82) is 0 Å². The van der Waals surface area contributed by atoms with E-state index in [2.05, 4.69) is 5.10 Å². The Morgan fingerprint density at radius 3 is 2.36 bits per heavy atom. The van der Waals surface area contributed by atoms with Crippen LogP contribution in [-0.4, -0.2) is 78.6 Å². The van der Waals surface area contributed by atoms with Crippen LogP contribution < -0.4 is 5.43 Å². The molecule has 2 aromatic rings. The van der Waals surface area contributed by atoms with Crippen LogP contribution in [0.15, 0.2) is 41.2 Å². The molecule has 3 rings (SSSR count). The molecule has 150 valence electrons. The molecule has 0 atom stereocenters. The summed E-state index contributed by atoms with van der Waals surface area (Å²) in [7, 11) is -3.01. The van der Waals surface area contributed by atoms with E-state index in [1.54, 1.807) is 16.5 Å². The van der Waals surface area contributed by atoms with Gasteiger partial charge in [0.05, 0.1) is 11.4 Å². The van der Waals surface area contributed by atoms with Gasteiger partial charge in [-0.1, -0.05) is 18.2 Å². The van der Waals surface area contributed by atoms with Crippen LogP contribution in [0.5, 0.6) is 0 Å². The Morgan fingerprint density at radius 2 is 1.75 bits per heavy atom. The van der Waals surface area contributed by atoms with E-state index in [1.807, 2.05) is 35.2 Å². The lowest BCUT2D eigenvalue weighted by molar-refractivity contribution is 0.0635. The first-order chi connectivity index (χ1) is 13.2. The highest BCUT2D eigenvalue weighted by Gasteiger charge is 2.26. The zero-order valence-electron chi connectivity index (χ0n) is 16.0. The first-order valence-electron chi connectivity index (χ1n) is 9.10. The van der Waals surface area contributed by atoms with Gasteiger partial charge in [0, 0.05) is 50.7 Å². The third-order valence-corrected chi connectivity index (χ3v) is 5.67. The number of rotatable bonds is 5. The Bertz CT molecular complexity index is 1010. The number of carbonyl (C=O) groups excluding carboxylic acids is 1. The minimum atomic E-state index is -3.01. The molecule has 8 nitrogen and oxygen atoms in total. The van der Waals surface area contributed by atoms with E-state index >= 15 is 0 Å². The van der Waals surface area contributed by atoms with Crippen molar-refractivity contribution in [3.05, 3.63) is 58.0 Å². The molecule has 1 saturated heterocycles. The highest BCUT2D eigenvalue weighted by Crippen LogP contribution is 2.10. The summed E-state index contributed by atoms with van der Waals surface area (Å²) in [5.41, 5.74) is 0.936. The molecule has 0 bridgehead atoms. The molecule has 1 aliphatic heterocycles. The first-order valence-corrected chi connectivity index (χ1v) is 11.2. The normalized spacial score (nSPS) is 15.6. The van der Waals surface area contributed by atoms with Crippen LogP contribution in [0.25, 0.3) is 5.69 Å². The van der Waals surface area contributed by atoms with Crippen molar-refractivity contribution < 1.29 is 13.2 Å². The number of hydrogen-bond donors (Lipinski definition) is 0. The summed E-state index contributed by atoms with van der Waals surface area (Å²) in [6.45, 7) is 4.23. The van der Waals surface area contributed by atoms with Crippen molar-refractivity contribution in [2.75, 3.05) is 44.7 Å². The molecule has 1 aromatic carbocycles. The minimum Gasteiger partial charge on any atom is -0.335 e. The van der Waals surface area contributed by atoms with E-state index in [1.165, 1.54) is 12.3 Å². The summed E-state index contributed by atoms with van der Waals surface area (Å²) < 4.78 is 24.2. The van der Waals surface area contributed by atoms with Gasteiger partial charge in [-0.3, -0.25) is 14.5 Å². The van der Waals surface area contributed by atoms with E-state index in [-0.39, 0.29) is 11.4 Å². The van der Waals surface area contributed by atoms with E-state index in [9.17, 15) is 18.0 Å². The van der Waals surface area contributed by atoms with Gasteiger partial charge < -0.3 is 4.90 Å². The van der Waals surface area contributed by atoms with Gasteiger partial charge in [-0.2, -0.15) is 5.10 Å². The number of carbonyl (C=O) groups is 1. The number of nitrogens with zero attached hydrogens (tertiary/aromatic N) is 4. The van der Waals surface area contributed by atoms with Crippen molar-refractivity contribution >= 4 is 15.7 Å². The van der Waals surface area contributed by atoms with Gasteiger partial charge in [-0.25, -0.2) is 13.1 Å². The van der Waals surface area contributed by atoms with Gasteiger partial charge in [0.25, 0.3) is 5.91 Å². The third-order valence-electron chi connectivity index (χ3n) is 4.75. The monoisotopic (exact) mass is 404 g/mol. The highest BCUT2D eigenvalue weighted by molar-refractivity contribution is 7.90. The van der Waals surface area contributed by atoms with Crippen molar-refractivity contribution in [2.45, 2.75) is 6.92 Å². The second-order valence-electron chi connectivity index (χ2n) is 7.01. The second-order valence-corrected chi connectivity index (χ2v) is 9.27. The summed E-state index contributed by atoms with van der Waals surface area (Å²) in [6, 6.07) is 10.8. The van der Waals surface area contributed by atoms with Crippen LogP contribution in [0, 0.1) is 6.92 Å². The topological polar surface area (TPSA) is 92.6 Å². The molecule has 1 fully saturated rings. The number of aromatic nitrogens is 2. The fourth-order valence-corrected chi connectivity index (χ4v) is 3.74. The molecule has 28 heavy (non-hydrogen) atoms. The quantitative estimate of drug-likeness (QED) is 0.714. The fourth-order valence-electron chi connectivity index (χ4n) is 3.15. The third kappa shape index (κ3) is 4.85. The van der Waals surface area contributed by atoms with Gasteiger partial charge in [0.2, 0.25) is 5.43 Å². The largest absolute Gasteiger partial charge is 0.335 e. The SMILES string of the molecule is Cc1cc(=O)c(C(=O)N2CCN(CCS(C)(=O)=O)CC2)nn1-c1ccccc1. The Morgan fingerprint density at radius 1 is 1.11 bits per heavy atom. The Kier molecular flexibility index (Phi) is 5.95. The van der Waals surface area contributed by atoms with Crippen LogP contribution in [0.2, 0.25) is 0 Å². The molecule has 0 unspecified atom stereocenters. The lowest BCUT2D eigenvalue weighted by atomic mass is 10.2. The Hall–Kier alpha value is -2.52. The van der Waals surface area contributed by atoms with E-state index in [0.717, 1.165) is 5.69 Å². The fraction of sp³-hybridized carbons (Fsp3) is 0.421. The van der Waals surface area contributed by atoms with E-state index in [4.69, 9.17) is 0 Å². The Labute approximate surface area is 164 Å². The summed E-state index contributed by atoms with van der Waals surface area (Å²) in [6.07, 6.45) is 1.22. The average molecular weight is 404 g/mol.